The van der Waals surface area contributed by atoms with E-state index in [1.165, 1.54) is 24.3 Å². The summed E-state index contributed by atoms with van der Waals surface area (Å²) in [6.45, 7) is 4.28. The number of benzene rings is 2. The van der Waals surface area contributed by atoms with Gasteiger partial charge < -0.3 is 20.1 Å². The van der Waals surface area contributed by atoms with Crippen LogP contribution in [0.4, 0.5) is 0 Å². The summed E-state index contributed by atoms with van der Waals surface area (Å²) in [6, 6.07) is 12.2. The minimum Gasteiger partial charge on any atom is -0.507 e. The Labute approximate surface area is 140 Å². The van der Waals surface area contributed by atoms with Crippen molar-refractivity contribution in [1.29, 1.82) is 0 Å². The lowest BCUT2D eigenvalue weighted by Crippen LogP contribution is -2.10. The number of carboxylic acid groups (broad SMARTS) is 1. The van der Waals surface area contributed by atoms with Gasteiger partial charge >= 0.3 is 11.9 Å². The number of hydrogen-bond acceptors (Lipinski definition) is 5. The lowest BCUT2D eigenvalue weighted by molar-refractivity contribution is 0.0455. The van der Waals surface area contributed by atoms with Crippen molar-refractivity contribution in [3.8, 4) is 11.5 Å². The van der Waals surface area contributed by atoms with Gasteiger partial charge in [-0.2, -0.15) is 0 Å². The molecule has 0 atom stereocenters. The zero-order chi connectivity index (χ0) is 18.1. The first-order valence-electron chi connectivity index (χ1n) is 7.29. The van der Waals surface area contributed by atoms with E-state index < -0.39 is 11.9 Å². The number of aromatic hydroxyl groups is 2. The number of carbonyl (C=O) groups is 2. The molecule has 2 aromatic rings. The van der Waals surface area contributed by atoms with Gasteiger partial charge in [-0.25, -0.2) is 9.59 Å². The number of phenols is 2. The van der Waals surface area contributed by atoms with Gasteiger partial charge in [0.2, 0.25) is 0 Å². The molecule has 128 valence electrons. The van der Waals surface area contributed by atoms with Crippen LogP contribution in [0.3, 0.4) is 0 Å². The third-order valence-electron chi connectivity index (χ3n) is 2.81. The van der Waals surface area contributed by atoms with E-state index in [9.17, 15) is 14.7 Å². The van der Waals surface area contributed by atoms with E-state index in [1.807, 2.05) is 13.8 Å². The van der Waals surface area contributed by atoms with Crippen LogP contribution in [0.5, 0.6) is 11.5 Å². The van der Waals surface area contributed by atoms with Crippen molar-refractivity contribution in [3.05, 3.63) is 59.7 Å². The molecule has 6 nitrogen and oxygen atoms in total. The Morgan fingerprint density at radius 1 is 0.917 bits per heavy atom. The molecule has 0 fully saturated rings. The molecule has 0 amide bonds. The normalized spacial score (nSPS) is 9.79. The number of carbonyl (C=O) groups excluding carboxylic acids is 1. The lowest BCUT2D eigenvalue weighted by Gasteiger charge is -2.07. The minimum atomic E-state index is -1.11. The fourth-order valence-electron chi connectivity index (χ4n) is 1.62. The van der Waals surface area contributed by atoms with Gasteiger partial charge in [0.15, 0.2) is 0 Å². The smallest absolute Gasteiger partial charge is 0.341 e. The van der Waals surface area contributed by atoms with Gasteiger partial charge in [-0.15, -0.1) is 0 Å². The molecule has 2 rings (SSSR count). The molecule has 0 aromatic heterocycles. The molecule has 0 radical (unpaired) electrons. The molecule has 0 heterocycles. The van der Waals surface area contributed by atoms with E-state index in [1.54, 1.807) is 24.3 Å². The van der Waals surface area contributed by atoms with Crippen LogP contribution in [0, 0.1) is 5.92 Å². The predicted octanol–water partition coefficient (Wildman–Crippen LogP) is 3.30. The van der Waals surface area contributed by atoms with E-state index in [-0.39, 0.29) is 22.6 Å². The van der Waals surface area contributed by atoms with Crippen molar-refractivity contribution in [2.24, 2.45) is 5.92 Å². The maximum absolute atomic E-state index is 11.4. The molecule has 0 aliphatic rings. The number of rotatable bonds is 4. The molecule has 0 saturated heterocycles. The van der Waals surface area contributed by atoms with Crippen LogP contribution in [0.25, 0.3) is 0 Å². The van der Waals surface area contributed by atoms with Crippen LogP contribution in [0.2, 0.25) is 0 Å². The summed E-state index contributed by atoms with van der Waals surface area (Å²) in [6.07, 6.45) is 0. The topological polar surface area (TPSA) is 104 Å². The quantitative estimate of drug-likeness (QED) is 0.742. The second-order valence-electron chi connectivity index (χ2n) is 5.33. The second kappa shape index (κ2) is 9.19. The molecule has 24 heavy (non-hydrogen) atoms. The van der Waals surface area contributed by atoms with Crippen LogP contribution >= 0.6 is 0 Å². The number of ether oxygens (including phenoxy) is 1. The molecule has 0 spiro atoms. The van der Waals surface area contributed by atoms with Gasteiger partial charge in [-0.05, 0) is 30.2 Å². The van der Waals surface area contributed by atoms with Crippen LogP contribution in [-0.4, -0.2) is 33.9 Å². The Hall–Kier alpha value is -3.02. The zero-order valence-electron chi connectivity index (χ0n) is 13.5. The molecular formula is C18H20O6. The number of esters is 1. The zero-order valence-corrected chi connectivity index (χ0v) is 13.5. The first-order valence-corrected chi connectivity index (χ1v) is 7.29. The maximum atomic E-state index is 11.4. The van der Waals surface area contributed by atoms with E-state index >= 15 is 0 Å². The van der Waals surface area contributed by atoms with E-state index in [2.05, 4.69) is 0 Å². The largest absolute Gasteiger partial charge is 0.507 e. The van der Waals surface area contributed by atoms with Gasteiger partial charge in [0.05, 0.1) is 6.61 Å². The first kappa shape index (κ1) is 19.0. The Morgan fingerprint density at radius 2 is 1.38 bits per heavy atom. The van der Waals surface area contributed by atoms with Crippen molar-refractivity contribution >= 4 is 11.9 Å². The fraction of sp³-hybridized carbons (Fsp3) is 0.222. The molecule has 6 heteroatoms. The SMILES string of the molecule is CC(C)COC(=O)c1ccccc1O.O=C(O)c1ccccc1O. The van der Waals surface area contributed by atoms with Gasteiger partial charge in [-0.3, -0.25) is 0 Å². The Kier molecular flexibility index (Phi) is 7.29. The molecule has 2 aromatic carbocycles. The molecule has 0 bridgehead atoms. The Morgan fingerprint density at radius 3 is 1.75 bits per heavy atom. The lowest BCUT2D eigenvalue weighted by atomic mass is 10.2. The van der Waals surface area contributed by atoms with Crippen molar-refractivity contribution < 1.29 is 29.6 Å². The molecule has 0 aliphatic heterocycles. The van der Waals surface area contributed by atoms with Crippen molar-refractivity contribution in [1.82, 2.24) is 0 Å². The third-order valence-corrected chi connectivity index (χ3v) is 2.81. The number of hydrogen-bond donors (Lipinski definition) is 3. The van der Waals surface area contributed by atoms with Crippen LogP contribution in [-0.2, 0) is 4.74 Å². The summed E-state index contributed by atoms with van der Waals surface area (Å²) >= 11 is 0. The number of para-hydroxylation sites is 2. The molecular weight excluding hydrogens is 312 g/mol. The van der Waals surface area contributed by atoms with Gasteiger partial charge in [0.25, 0.3) is 0 Å². The Bertz CT molecular complexity index is 693. The van der Waals surface area contributed by atoms with Crippen molar-refractivity contribution in [2.45, 2.75) is 13.8 Å². The standard InChI is InChI=1S/C11H14O3.C7H6O3/c1-8(2)7-14-11(13)9-5-3-4-6-10(9)12;8-6-4-2-1-3-5(6)7(9)10/h3-6,8,12H,7H2,1-2H3;1-4,8H,(H,9,10). The Balaban J connectivity index is 0.000000254. The van der Waals surface area contributed by atoms with Crippen LogP contribution in [0.15, 0.2) is 48.5 Å². The highest BCUT2D eigenvalue weighted by Crippen LogP contribution is 2.16. The highest BCUT2D eigenvalue weighted by Gasteiger charge is 2.11. The summed E-state index contributed by atoms with van der Waals surface area (Å²) < 4.78 is 4.97. The molecule has 0 saturated carbocycles. The summed E-state index contributed by atoms with van der Waals surface area (Å²) in [5.41, 5.74) is 0.149. The third kappa shape index (κ3) is 6.00. The maximum Gasteiger partial charge on any atom is 0.341 e. The highest BCUT2D eigenvalue weighted by molar-refractivity contribution is 5.92. The molecule has 0 unspecified atom stereocenters. The minimum absolute atomic E-state index is 0.0405. The van der Waals surface area contributed by atoms with E-state index in [0.717, 1.165) is 0 Å². The van der Waals surface area contributed by atoms with Gasteiger partial charge in [0, 0.05) is 0 Å². The fourth-order valence-corrected chi connectivity index (χ4v) is 1.62. The summed E-state index contributed by atoms with van der Waals surface area (Å²) in [4.78, 5) is 21.6. The first-order chi connectivity index (χ1) is 11.3. The molecule has 0 aliphatic carbocycles. The summed E-state index contributed by atoms with van der Waals surface area (Å²) in [5, 5.41) is 26.7. The van der Waals surface area contributed by atoms with Crippen molar-refractivity contribution in [3.63, 3.8) is 0 Å². The monoisotopic (exact) mass is 332 g/mol. The van der Waals surface area contributed by atoms with E-state index in [4.69, 9.17) is 14.9 Å². The average Bonchev–Trinajstić information content (AvgIpc) is 2.54. The predicted molar refractivity (Wildman–Crippen MR) is 88.3 cm³/mol. The number of phenolic OH excluding ortho intramolecular Hbond substituents is 1. The van der Waals surface area contributed by atoms with Crippen molar-refractivity contribution in [2.75, 3.05) is 6.61 Å². The number of aromatic carboxylic acids is 1. The average molecular weight is 332 g/mol. The summed E-state index contributed by atoms with van der Waals surface area (Å²) in [5.74, 6) is -1.53. The summed E-state index contributed by atoms with van der Waals surface area (Å²) in [7, 11) is 0. The molecule has 3 N–H and O–H groups in total. The number of carboxylic acids is 1. The highest BCUT2D eigenvalue weighted by atomic mass is 16.5. The van der Waals surface area contributed by atoms with Crippen LogP contribution < -0.4 is 0 Å². The van der Waals surface area contributed by atoms with Gasteiger partial charge in [0.1, 0.15) is 22.6 Å². The second-order valence-corrected chi connectivity index (χ2v) is 5.33. The van der Waals surface area contributed by atoms with Gasteiger partial charge in [-0.1, -0.05) is 38.1 Å². The van der Waals surface area contributed by atoms with Crippen LogP contribution in [0.1, 0.15) is 34.6 Å². The van der Waals surface area contributed by atoms with E-state index in [0.29, 0.717) is 12.5 Å².